The predicted octanol–water partition coefficient (Wildman–Crippen LogP) is 7.28. The molecule has 0 saturated heterocycles. The summed E-state index contributed by atoms with van der Waals surface area (Å²) in [5, 5.41) is 13.5. The van der Waals surface area contributed by atoms with Gasteiger partial charge in [0.05, 0.1) is 12.1 Å². The van der Waals surface area contributed by atoms with Crippen molar-refractivity contribution in [3.05, 3.63) is 81.5 Å². The van der Waals surface area contributed by atoms with Crippen LogP contribution in [0.2, 0.25) is 0 Å². The highest BCUT2D eigenvalue weighted by Crippen LogP contribution is 2.53. The highest BCUT2D eigenvalue weighted by Gasteiger charge is 2.73. The van der Waals surface area contributed by atoms with E-state index in [1.54, 1.807) is 12.1 Å². The average molecular weight is 680 g/mol. The predicted molar refractivity (Wildman–Crippen MR) is 154 cm³/mol. The molecule has 8 nitrogen and oxygen atoms in total. The van der Waals surface area contributed by atoms with E-state index in [2.05, 4.69) is 5.10 Å². The molecule has 0 aliphatic rings. The highest BCUT2D eigenvalue weighted by atomic mass is 32.2. The van der Waals surface area contributed by atoms with Gasteiger partial charge in [0.2, 0.25) is 0 Å². The van der Waals surface area contributed by atoms with Gasteiger partial charge in [-0.2, -0.15) is 31.4 Å². The van der Waals surface area contributed by atoms with Crippen molar-refractivity contribution in [1.29, 1.82) is 0 Å². The molecule has 252 valence electrons. The number of halogens is 7. The van der Waals surface area contributed by atoms with Gasteiger partial charge in [0.1, 0.15) is 4.75 Å². The van der Waals surface area contributed by atoms with E-state index in [4.69, 9.17) is 4.74 Å². The molecule has 16 heteroatoms. The average Bonchev–Trinajstić information content (AvgIpc) is 3.26. The number of carbonyl (C=O) groups excluding carboxylic acids is 1. The van der Waals surface area contributed by atoms with Crippen molar-refractivity contribution in [2.75, 3.05) is 0 Å². The molecule has 0 bridgehead atoms. The molecule has 2 aromatic carbocycles. The van der Waals surface area contributed by atoms with E-state index in [1.165, 1.54) is 30.5 Å². The van der Waals surface area contributed by atoms with Crippen LogP contribution in [0.15, 0.2) is 58.2 Å². The number of alkyl halides is 7. The van der Waals surface area contributed by atoms with E-state index in [-0.39, 0.29) is 30.0 Å². The zero-order valence-electron chi connectivity index (χ0n) is 25.0. The quantitative estimate of drug-likeness (QED) is 0.0827. The molecule has 0 amide bonds. The lowest BCUT2D eigenvalue weighted by Gasteiger charge is -2.30. The summed E-state index contributed by atoms with van der Waals surface area (Å²) >= 11 is 1.09. The van der Waals surface area contributed by atoms with Crippen molar-refractivity contribution in [3.8, 4) is 0 Å². The summed E-state index contributed by atoms with van der Waals surface area (Å²) in [6, 6.07) is 8.42. The van der Waals surface area contributed by atoms with Crippen LogP contribution in [0.1, 0.15) is 73.8 Å². The van der Waals surface area contributed by atoms with Crippen molar-refractivity contribution in [3.63, 3.8) is 0 Å². The number of hydrogen-bond acceptors (Lipinski definition) is 6. The molecule has 1 heterocycles. The number of rotatable bonds is 14. The van der Waals surface area contributed by atoms with Gasteiger partial charge >= 0.3 is 35.6 Å². The summed E-state index contributed by atoms with van der Waals surface area (Å²) in [6.07, 6.45) is -9.35. The van der Waals surface area contributed by atoms with Crippen LogP contribution >= 0.6 is 11.8 Å². The second-order valence-electron chi connectivity index (χ2n) is 10.9. The third kappa shape index (κ3) is 8.30. The van der Waals surface area contributed by atoms with E-state index < -0.39 is 52.6 Å². The fourth-order valence-electron chi connectivity index (χ4n) is 4.33. The van der Waals surface area contributed by atoms with E-state index in [1.807, 2.05) is 6.92 Å². The summed E-state index contributed by atoms with van der Waals surface area (Å²) < 4.78 is 99.5. The van der Waals surface area contributed by atoms with Gasteiger partial charge in [-0.3, -0.25) is 9.36 Å². The number of esters is 1. The van der Waals surface area contributed by atoms with Gasteiger partial charge in [-0.05, 0) is 50.1 Å². The van der Waals surface area contributed by atoms with Gasteiger partial charge in [0.25, 0.3) is 0 Å². The first-order valence-electron chi connectivity index (χ1n) is 14.1. The molecule has 46 heavy (non-hydrogen) atoms. The Morgan fingerprint density at radius 1 is 0.891 bits per heavy atom. The molecule has 3 aromatic rings. The zero-order valence-corrected chi connectivity index (χ0v) is 25.9. The number of thioether (sulfide) groups is 1. The number of ether oxygens (including phenoxy) is 1. The number of hydrogen-bond donors (Lipinski definition) is 1. The van der Waals surface area contributed by atoms with Gasteiger partial charge < -0.3 is 9.84 Å². The first-order chi connectivity index (χ1) is 21.3. The van der Waals surface area contributed by atoms with Crippen LogP contribution in [-0.2, 0) is 34.9 Å². The van der Waals surface area contributed by atoms with Crippen LogP contribution in [0, 0.1) is 0 Å². The Hall–Kier alpha value is -3.82. The Kier molecular flexibility index (Phi) is 11.4. The fraction of sp³-hybridized carbons (Fsp3) is 0.467. The lowest BCUT2D eigenvalue weighted by Crippen LogP contribution is -2.50. The minimum Gasteiger partial charge on any atom is -0.480 e. The Labute approximate surface area is 263 Å². The first-order valence-corrected chi connectivity index (χ1v) is 14.9. The maximum absolute atomic E-state index is 14.4. The minimum absolute atomic E-state index is 0.0544. The number of carbonyl (C=O) groups is 2. The number of aromatic nitrogens is 3. The van der Waals surface area contributed by atoms with E-state index in [9.17, 15) is 50.2 Å². The number of carboxylic acids is 1. The maximum atomic E-state index is 14.4. The Morgan fingerprint density at radius 3 is 2.00 bits per heavy atom. The number of carboxylic acid groups (broad SMARTS) is 1. The van der Waals surface area contributed by atoms with Crippen molar-refractivity contribution in [2.24, 2.45) is 0 Å². The molecular weight excluding hydrogens is 647 g/mol. The lowest BCUT2D eigenvalue weighted by molar-refractivity contribution is -0.348. The highest BCUT2D eigenvalue weighted by molar-refractivity contribution is 8.01. The lowest BCUT2D eigenvalue weighted by atomic mass is 9.93. The molecule has 0 saturated carbocycles. The van der Waals surface area contributed by atoms with Gasteiger partial charge in [-0.25, -0.2) is 18.7 Å². The van der Waals surface area contributed by atoms with Crippen molar-refractivity contribution < 1.29 is 50.2 Å². The maximum Gasteiger partial charge on any atom is 0.435 e. The third-order valence-electron chi connectivity index (χ3n) is 7.01. The van der Waals surface area contributed by atoms with Crippen LogP contribution in [0.4, 0.5) is 30.7 Å². The minimum atomic E-state index is -6.26. The summed E-state index contributed by atoms with van der Waals surface area (Å²) in [4.78, 5) is 37.9. The number of unbranched alkanes of at least 4 members (excludes halogenated alkanes) is 3. The molecule has 3 rings (SSSR count). The van der Waals surface area contributed by atoms with Gasteiger partial charge in [-0.15, -0.1) is 11.8 Å². The smallest absolute Gasteiger partial charge is 0.435 e. The SMILES string of the molecule is CCCCCCn1c(COC(=O)c2ccc(SC(C)(C)C(=O)O)cc2)nn(Cc2ccc(C(F)(C(F)(F)F)C(F)(F)F)cc2)c1=O. The molecule has 0 fully saturated rings. The third-order valence-corrected chi connectivity index (χ3v) is 8.20. The molecule has 1 N–H and O–H groups in total. The van der Waals surface area contributed by atoms with E-state index in [0.717, 1.165) is 47.8 Å². The van der Waals surface area contributed by atoms with Crippen molar-refractivity contribution in [1.82, 2.24) is 14.3 Å². The van der Waals surface area contributed by atoms with Crippen LogP contribution in [0.3, 0.4) is 0 Å². The molecule has 0 radical (unpaired) electrons. The first kappa shape index (κ1) is 36.6. The zero-order chi connectivity index (χ0) is 34.5. The molecule has 1 aromatic heterocycles. The normalized spacial score (nSPS) is 12.7. The molecule has 0 unspecified atom stereocenters. The van der Waals surface area contributed by atoms with Crippen molar-refractivity contribution >= 4 is 23.7 Å². The van der Waals surface area contributed by atoms with Gasteiger partial charge in [0.15, 0.2) is 12.4 Å². The van der Waals surface area contributed by atoms with Gasteiger partial charge in [-0.1, -0.05) is 50.5 Å². The molecular formula is C30H32F7N3O5S. The molecule has 0 aliphatic carbocycles. The summed E-state index contributed by atoms with van der Waals surface area (Å²) in [6.45, 7) is 4.47. The Morgan fingerprint density at radius 2 is 1.48 bits per heavy atom. The van der Waals surface area contributed by atoms with Crippen molar-refractivity contribution in [2.45, 2.75) is 93.8 Å². The largest absolute Gasteiger partial charge is 0.480 e. The van der Waals surface area contributed by atoms with Gasteiger partial charge in [0, 0.05) is 17.0 Å². The summed E-state index contributed by atoms with van der Waals surface area (Å²) in [5.74, 6) is -1.71. The van der Waals surface area contributed by atoms with E-state index >= 15 is 0 Å². The Balaban J connectivity index is 1.81. The number of aliphatic carboxylic acids is 1. The molecule has 0 spiro atoms. The van der Waals surface area contributed by atoms with E-state index in [0.29, 0.717) is 23.4 Å². The topological polar surface area (TPSA) is 103 Å². The summed E-state index contributed by atoms with van der Waals surface area (Å²) in [5.41, 5.74) is -7.67. The summed E-state index contributed by atoms with van der Waals surface area (Å²) in [7, 11) is 0. The van der Waals surface area contributed by atoms with Crippen LogP contribution in [0.25, 0.3) is 0 Å². The second-order valence-corrected chi connectivity index (χ2v) is 12.6. The number of nitrogens with zero attached hydrogens (tertiary/aromatic N) is 3. The molecule has 0 atom stereocenters. The van der Waals surface area contributed by atoms with Crippen LogP contribution in [0.5, 0.6) is 0 Å². The van der Waals surface area contributed by atoms with Crippen LogP contribution in [-0.4, -0.2) is 48.5 Å². The Bertz CT molecular complexity index is 1550. The molecule has 0 aliphatic heterocycles. The number of benzene rings is 2. The monoisotopic (exact) mass is 679 g/mol. The second kappa shape index (κ2) is 14.3. The fourth-order valence-corrected chi connectivity index (χ4v) is 5.28. The standard InChI is InChI=1S/C30H32F7N3O5S/c1-4-5-6-7-16-39-23(18-45-24(41)20-10-14-22(15-11-20)46-27(2,3)25(42)43)38-40(26(39)44)17-19-8-12-21(13-9-19)28(31,29(32,33)34)30(35,36)37/h8-15H,4-7,16-18H2,1-3H3,(H,42,43). The van der Waals surface area contributed by atoms with Crippen LogP contribution < -0.4 is 5.69 Å².